The molecule has 1 saturated heterocycles. The highest BCUT2D eigenvalue weighted by Gasteiger charge is 2.50. The highest BCUT2D eigenvalue weighted by atomic mass is 35.5. The van der Waals surface area contributed by atoms with Crippen LogP contribution in [0.15, 0.2) is 42.6 Å². The van der Waals surface area contributed by atoms with E-state index in [4.69, 9.17) is 21.1 Å². The molecule has 3 unspecified atom stereocenters. The number of carbonyl (C=O) groups is 1. The first-order valence-electron chi connectivity index (χ1n) is 11.4. The van der Waals surface area contributed by atoms with Gasteiger partial charge >= 0.3 is 0 Å². The number of hydrogen-bond donors (Lipinski definition) is 4. The Hall–Kier alpha value is -3.07. The zero-order valence-electron chi connectivity index (χ0n) is 19.8. The number of nitrogens with one attached hydrogen (secondary N) is 1. The highest BCUT2D eigenvalue weighted by Crippen LogP contribution is 2.33. The van der Waals surface area contributed by atoms with Crippen molar-refractivity contribution in [2.45, 2.75) is 43.2 Å². The molecule has 0 bridgehead atoms. The van der Waals surface area contributed by atoms with Crippen molar-refractivity contribution in [3.8, 4) is 11.3 Å². The number of carbonyl (C=O) groups excluding carboxylic acids is 1. The molecule has 4 rings (SSSR count). The van der Waals surface area contributed by atoms with E-state index >= 15 is 0 Å². The van der Waals surface area contributed by atoms with Gasteiger partial charge in [0.05, 0.1) is 19.4 Å². The normalized spacial score (nSPS) is 24.3. The second-order valence-electron chi connectivity index (χ2n) is 8.61. The molecule has 1 aromatic heterocycles. The third-order valence-corrected chi connectivity index (χ3v) is 6.38. The van der Waals surface area contributed by atoms with Gasteiger partial charge in [0.25, 0.3) is 5.91 Å². The summed E-state index contributed by atoms with van der Waals surface area (Å²) in [6.45, 7) is -0.775. The van der Waals surface area contributed by atoms with Crippen LogP contribution in [-0.2, 0) is 20.9 Å². The number of ether oxygens (including phenoxy) is 2. The number of halogens is 4. The van der Waals surface area contributed by atoms with Crippen LogP contribution in [-0.4, -0.2) is 80.4 Å². The predicted octanol–water partition coefficient (Wildman–Crippen LogP) is 1.37. The van der Waals surface area contributed by atoms with Crippen molar-refractivity contribution in [1.82, 2.24) is 20.3 Å². The van der Waals surface area contributed by atoms with Crippen LogP contribution in [0.4, 0.5) is 13.2 Å². The number of aliphatic hydroxyl groups is 3. The van der Waals surface area contributed by atoms with E-state index in [1.807, 2.05) is 0 Å². The lowest BCUT2D eigenvalue weighted by molar-refractivity contribution is -0.234. The van der Waals surface area contributed by atoms with Crippen molar-refractivity contribution in [1.29, 1.82) is 0 Å². The molecule has 3 aromatic rings. The van der Waals surface area contributed by atoms with Gasteiger partial charge in [0, 0.05) is 17.6 Å². The van der Waals surface area contributed by atoms with Crippen molar-refractivity contribution in [2.24, 2.45) is 0 Å². The molecule has 1 amide bonds. The summed E-state index contributed by atoms with van der Waals surface area (Å²) in [7, 11) is 1.35. The molecular formula is C24H24ClF3N4O6. The van der Waals surface area contributed by atoms with E-state index in [1.54, 1.807) is 24.3 Å². The van der Waals surface area contributed by atoms with Gasteiger partial charge in [-0.05, 0) is 29.8 Å². The highest BCUT2D eigenvalue weighted by molar-refractivity contribution is 6.30. The van der Waals surface area contributed by atoms with E-state index in [-0.39, 0.29) is 17.9 Å². The van der Waals surface area contributed by atoms with Gasteiger partial charge in [-0.25, -0.2) is 17.9 Å². The minimum atomic E-state index is -1.65. The summed E-state index contributed by atoms with van der Waals surface area (Å²) < 4.78 is 53.3. The topological polar surface area (TPSA) is 139 Å². The maximum Gasteiger partial charge on any atom is 0.251 e. The largest absolute Gasteiger partial charge is 0.394 e. The van der Waals surface area contributed by atoms with Crippen LogP contribution in [0.25, 0.3) is 11.3 Å². The van der Waals surface area contributed by atoms with Gasteiger partial charge in [-0.3, -0.25) is 4.79 Å². The minimum absolute atomic E-state index is 0.0859. The van der Waals surface area contributed by atoms with Crippen LogP contribution < -0.4 is 5.32 Å². The SMILES string of the molecule is CNC(=O)[C@@H](OCc1cccc(Cl)c1)[C@@H]1OC(CO)[C@H](O)C(n2cc(-c3cc(F)c(F)c(F)c3)nn2)C1O. The Bertz CT molecular complexity index is 1270. The Morgan fingerprint density at radius 3 is 2.55 bits per heavy atom. The molecule has 2 heterocycles. The monoisotopic (exact) mass is 556 g/mol. The molecule has 6 atom stereocenters. The van der Waals surface area contributed by atoms with Gasteiger partial charge < -0.3 is 30.1 Å². The molecule has 1 fully saturated rings. The zero-order chi connectivity index (χ0) is 27.6. The molecule has 1 aliphatic heterocycles. The fraction of sp³-hybridized carbons (Fsp3) is 0.375. The summed E-state index contributed by atoms with van der Waals surface area (Å²) in [4.78, 5) is 12.7. The maximum atomic E-state index is 13.7. The number of likely N-dealkylation sites (N-methyl/N-ethyl adjacent to an activating group) is 1. The first-order valence-corrected chi connectivity index (χ1v) is 11.8. The lowest BCUT2D eigenvalue weighted by Gasteiger charge is -2.44. The number of benzene rings is 2. The van der Waals surface area contributed by atoms with Crippen LogP contribution in [0, 0.1) is 17.5 Å². The number of aliphatic hydroxyl groups excluding tert-OH is 3. The molecule has 0 saturated carbocycles. The van der Waals surface area contributed by atoms with Crippen LogP contribution in [0.5, 0.6) is 0 Å². The van der Waals surface area contributed by atoms with Gasteiger partial charge in [-0.15, -0.1) is 5.10 Å². The molecule has 1 aliphatic rings. The average molecular weight is 557 g/mol. The summed E-state index contributed by atoms with van der Waals surface area (Å²) in [6, 6.07) is 6.80. The Labute approximate surface area is 219 Å². The summed E-state index contributed by atoms with van der Waals surface area (Å²) in [5, 5.41) is 42.4. The summed E-state index contributed by atoms with van der Waals surface area (Å²) in [5.74, 6) is -5.18. The van der Waals surface area contributed by atoms with E-state index in [0.717, 1.165) is 4.68 Å². The summed E-state index contributed by atoms with van der Waals surface area (Å²) in [6.07, 6.45) is -6.08. The smallest absolute Gasteiger partial charge is 0.251 e. The van der Waals surface area contributed by atoms with Gasteiger partial charge in [0.1, 0.15) is 36.2 Å². The first kappa shape index (κ1) is 28.0. The van der Waals surface area contributed by atoms with Crippen LogP contribution in [0.3, 0.4) is 0 Å². The van der Waals surface area contributed by atoms with Gasteiger partial charge in [-0.2, -0.15) is 0 Å². The quantitative estimate of drug-likeness (QED) is 0.305. The molecule has 38 heavy (non-hydrogen) atoms. The van der Waals surface area contributed by atoms with Crippen molar-refractivity contribution in [3.63, 3.8) is 0 Å². The van der Waals surface area contributed by atoms with Crippen molar-refractivity contribution in [3.05, 3.63) is 70.6 Å². The van der Waals surface area contributed by atoms with Gasteiger partial charge in [0.15, 0.2) is 23.6 Å². The average Bonchev–Trinajstić information content (AvgIpc) is 3.38. The molecule has 0 aliphatic carbocycles. The molecular weight excluding hydrogens is 533 g/mol. The van der Waals surface area contributed by atoms with Crippen molar-refractivity contribution < 1.29 is 42.8 Å². The van der Waals surface area contributed by atoms with Crippen molar-refractivity contribution >= 4 is 17.5 Å². The van der Waals surface area contributed by atoms with Crippen LogP contribution >= 0.6 is 11.6 Å². The number of rotatable bonds is 8. The van der Waals surface area contributed by atoms with Crippen LogP contribution in [0.1, 0.15) is 11.6 Å². The summed E-state index contributed by atoms with van der Waals surface area (Å²) in [5.41, 5.74) is 0.393. The number of nitrogens with zero attached hydrogens (tertiary/aromatic N) is 3. The Balaban J connectivity index is 1.64. The minimum Gasteiger partial charge on any atom is -0.394 e. The molecule has 0 spiro atoms. The van der Waals surface area contributed by atoms with Gasteiger partial charge in [-0.1, -0.05) is 28.9 Å². The third kappa shape index (κ3) is 5.67. The molecule has 4 N–H and O–H groups in total. The van der Waals surface area contributed by atoms with Crippen LogP contribution in [0.2, 0.25) is 5.02 Å². The molecule has 0 radical (unpaired) electrons. The number of amides is 1. The van der Waals surface area contributed by atoms with E-state index in [9.17, 15) is 33.3 Å². The summed E-state index contributed by atoms with van der Waals surface area (Å²) >= 11 is 6.00. The second kappa shape index (κ2) is 11.8. The Morgan fingerprint density at radius 2 is 1.92 bits per heavy atom. The Morgan fingerprint density at radius 1 is 1.21 bits per heavy atom. The zero-order valence-corrected chi connectivity index (χ0v) is 20.6. The first-order chi connectivity index (χ1) is 18.1. The van der Waals surface area contributed by atoms with Gasteiger partial charge in [0.2, 0.25) is 0 Å². The van der Waals surface area contributed by atoms with Crippen molar-refractivity contribution in [2.75, 3.05) is 13.7 Å². The fourth-order valence-electron chi connectivity index (χ4n) is 4.23. The molecule has 10 nitrogen and oxygen atoms in total. The number of hydrogen-bond acceptors (Lipinski definition) is 8. The van der Waals surface area contributed by atoms with E-state index in [1.165, 1.54) is 13.2 Å². The standard InChI is InChI=1S/C24H24ClF3N4O6/c1-29-24(36)23(37-10-11-3-2-4-13(25)5-11)22-21(35)19(20(34)17(9-33)38-22)32-8-16(30-31-32)12-6-14(26)18(28)15(27)7-12/h2-8,17,19-23,33-35H,9-10H2,1H3,(H,29,36)/t17?,19?,20-,21?,22+,23-/m0/s1. The second-order valence-corrected chi connectivity index (χ2v) is 9.04. The predicted molar refractivity (Wildman–Crippen MR) is 126 cm³/mol. The van der Waals surface area contributed by atoms with E-state index in [0.29, 0.717) is 22.7 Å². The Kier molecular flexibility index (Phi) is 8.65. The molecule has 14 heteroatoms. The molecule has 2 aromatic carbocycles. The molecule has 204 valence electrons. The lowest BCUT2D eigenvalue weighted by atomic mass is 9.89. The fourth-order valence-corrected chi connectivity index (χ4v) is 4.44. The lowest BCUT2D eigenvalue weighted by Crippen LogP contribution is -2.61. The van der Waals surface area contributed by atoms with E-state index in [2.05, 4.69) is 15.6 Å². The maximum absolute atomic E-state index is 13.7. The third-order valence-electron chi connectivity index (χ3n) is 6.15. The van der Waals surface area contributed by atoms with E-state index < -0.39 is 66.5 Å². The number of aromatic nitrogens is 3.